The number of carbonyl (C=O) groups is 1. The lowest BCUT2D eigenvalue weighted by atomic mass is 9.86. The Morgan fingerprint density at radius 3 is 2.60 bits per heavy atom. The number of carbonyl (C=O) groups excluding carboxylic acids is 1. The van der Waals surface area contributed by atoms with Crippen LogP contribution in [0.3, 0.4) is 0 Å². The first kappa shape index (κ1) is 14.4. The molecule has 1 amide bonds. The van der Waals surface area contributed by atoms with Gasteiger partial charge in [-0.2, -0.15) is 5.26 Å². The lowest BCUT2D eigenvalue weighted by Gasteiger charge is -2.26. The summed E-state index contributed by atoms with van der Waals surface area (Å²) in [6.07, 6.45) is 3.31. The van der Waals surface area contributed by atoms with Gasteiger partial charge in [0.15, 0.2) is 0 Å². The van der Waals surface area contributed by atoms with E-state index >= 15 is 0 Å². The molecule has 0 spiro atoms. The molecule has 1 aliphatic rings. The van der Waals surface area contributed by atoms with Crippen molar-refractivity contribution in [1.82, 2.24) is 4.90 Å². The van der Waals surface area contributed by atoms with Gasteiger partial charge in [-0.25, -0.2) is 0 Å². The summed E-state index contributed by atoms with van der Waals surface area (Å²) in [6.45, 7) is 0.935. The van der Waals surface area contributed by atoms with Crippen LogP contribution in [0.25, 0.3) is 0 Å². The molecule has 1 aromatic rings. The van der Waals surface area contributed by atoms with E-state index in [-0.39, 0.29) is 5.91 Å². The number of ether oxygens (including phenoxy) is 1. The molecule has 0 aliphatic heterocycles. The zero-order chi connectivity index (χ0) is 14.4. The first-order valence-electron chi connectivity index (χ1n) is 7.03. The maximum atomic E-state index is 12.4. The Hall–Kier alpha value is -2.02. The molecule has 2 rings (SSSR count). The molecule has 0 radical (unpaired) electrons. The Morgan fingerprint density at radius 1 is 1.35 bits per heavy atom. The zero-order valence-corrected chi connectivity index (χ0v) is 11.8. The lowest BCUT2D eigenvalue weighted by Crippen LogP contribution is -2.41. The van der Waals surface area contributed by atoms with Crippen molar-refractivity contribution in [3.8, 4) is 11.8 Å². The van der Waals surface area contributed by atoms with Crippen LogP contribution in [-0.2, 0) is 4.79 Å². The van der Waals surface area contributed by atoms with E-state index in [2.05, 4.69) is 6.07 Å². The summed E-state index contributed by atoms with van der Waals surface area (Å²) < 4.78 is 5.58. The van der Waals surface area contributed by atoms with Crippen LogP contribution < -0.4 is 4.74 Å². The SMILES string of the molecule is CN(CCOc1ccccc1)C(=O)C1(C#N)CCCC1. The van der Waals surface area contributed by atoms with Crippen molar-refractivity contribution in [3.63, 3.8) is 0 Å². The van der Waals surface area contributed by atoms with Crippen LogP contribution in [0, 0.1) is 16.7 Å². The van der Waals surface area contributed by atoms with Crippen LogP contribution in [0.4, 0.5) is 0 Å². The second-order valence-electron chi connectivity index (χ2n) is 5.29. The summed E-state index contributed by atoms with van der Waals surface area (Å²) in [7, 11) is 1.74. The molecule has 4 heteroatoms. The van der Waals surface area contributed by atoms with Gasteiger partial charge < -0.3 is 9.64 Å². The Morgan fingerprint density at radius 2 is 2.00 bits per heavy atom. The average Bonchev–Trinajstić information content (AvgIpc) is 2.97. The van der Waals surface area contributed by atoms with Gasteiger partial charge >= 0.3 is 0 Å². The normalized spacial score (nSPS) is 16.4. The van der Waals surface area contributed by atoms with Crippen molar-refractivity contribution in [2.75, 3.05) is 20.2 Å². The monoisotopic (exact) mass is 272 g/mol. The molecule has 1 aliphatic carbocycles. The van der Waals surface area contributed by atoms with Crippen molar-refractivity contribution in [3.05, 3.63) is 30.3 Å². The largest absolute Gasteiger partial charge is 0.492 e. The van der Waals surface area contributed by atoms with E-state index in [0.717, 1.165) is 18.6 Å². The van der Waals surface area contributed by atoms with Gasteiger partial charge in [0.25, 0.3) is 0 Å². The van der Waals surface area contributed by atoms with Crippen molar-refractivity contribution in [2.45, 2.75) is 25.7 Å². The van der Waals surface area contributed by atoms with Crippen molar-refractivity contribution in [1.29, 1.82) is 5.26 Å². The fourth-order valence-corrected chi connectivity index (χ4v) is 2.64. The molecule has 1 aromatic carbocycles. The molecule has 20 heavy (non-hydrogen) atoms. The second-order valence-corrected chi connectivity index (χ2v) is 5.29. The molecular formula is C16H20N2O2. The van der Waals surface area contributed by atoms with Crippen molar-refractivity contribution in [2.24, 2.45) is 5.41 Å². The van der Waals surface area contributed by atoms with E-state index in [1.54, 1.807) is 11.9 Å². The molecular weight excluding hydrogens is 252 g/mol. The van der Waals surface area contributed by atoms with Gasteiger partial charge in [-0.15, -0.1) is 0 Å². The summed E-state index contributed by atoms with van der Waals surface area (Å²) in [5, 5.41) is 9.31. The smallest absolute Gasteiger partial charge is 0.242 e. The van der Waals surface area contributed by atoms with Gasteiger partial charge in [0.2, 0.25) is 5.91 Å². The number of hydrogen-bond acceptors (Lipinski definition) is 3. The van der Waals surface area contributed by atoms with Crippen LogP contribution in [0.2, 0.25) is 0 Å². The molecule has 0 saturated heterocycles. The minimum atomic E-state index is -0.790. The highest BCUT2D eigenvalue weighted by molar-refractivity contribution is 5.85. The number of benzene rings is 1. The second kappa shape index (κ2) is 6.42. The summed E-state index contributed by atoms with van der Waals surface area (Å²) in [6, 6.07) is 11.8. The van der Waals surface area contributed by atoms with Crippen LogP contribution in [0.15, 0.2) is 30.3 Å². The van der Waals surface area contributed by atoms with E-state index in [1.165, 1.54) is 0 Å². The van der Waals surface area contributed by atoms with E-state index in [9.17, 15) is 10.1 Å². The summed E-state index contributed by atoms with van der Waals surface area (Å²) >= 11 is 0. The molecule has 0 aromatic heterocycles. The van der Waals surface area contributed by atoms with E-state index in [4.69, 9.17) is 4.74 Å². The highest BCUT2D eigenvalue weighted by Crippen LogP contribution is 2.38. The number of nitrogens with zero attached hydrogens (tertiary/aromatic N) is 2. The fourth-order valence-electron chi connectivity index (χ4n) is 2.64. The Kier molecular flexibility index (Phi) is 4.62. The Bertz CT molecular complexity index is 487. The maximum absolute atomic E-state index is 12.4. The molecule has 0 atom stereocenters. The lowest BCUT2D eigenvalue weighted by molar-refractivity contribution is -0.137. The zero-order valence-electron chi connectivity index (χ0n) is 11.8. The number of nitriles is 1. The highest BCUT2D eigenvalue weighted by Gasteiger charge is 2.43. The summed E-state index contributed by atoms with van der Waals surface area (Å²) in [4.78, 5) is 14.0. The molecule has 1 saturated carbocycles. The third-order valence-corrected chi connectivity index (χ3v) is 3.87. The predicted molar refractivity (Wildman–Crippen MR) is 76.1 cm³/mol. The van der Waals surface area contributed by atoms with Gasteiger partial charge in [0, 0.05) is 7.05 Å². The number of hydrogen-bond donors (Lipinski definition) is 0. The number of amides is 1. The standard InChI is InChI=1S/C16H20N2O2/c1-18(11-12-20-14-7-3-2-4-8-14)15(19)16(13-17)9-5-6-10-16/h2-4,7-8H,5-6,9-12H2,1H3. The maximum Gasteiger partial charge on any atom is 0.242 e. The fraction of sp³-hybridized carbons (Fsp3) is 0.500. The molecule has 106 valence electrons. The molecule has 0 bridgehead atoms. The minimum Gasteiger partial charge on any atom is -0.492 e. The van der Waals surface area contributed by atoms with Gasteiger partial charge in [-0.05, 0) is 25.0 Å². The Labute approximate surface area is 120 Å². The van der Waals surface area contributed by atoms with E-state index < -0.39 is 5.41 Å². The molecule has 0 N–H and O–H groups in total. The van der Waals surface area contributed by atoms with Gasteiger partial charge in [-0.3, -0.25) is 4.79 Å². The third-order valence-electron chi connectivity index (χ3n) is 3.87. The summed E-state index contributed by atoms with van der Waals surface area (Å²) in [5.74, 6) is 0.735. The third kappa shape index (κ3) is 3.11. The molecule has 0 heterocycles. The van der Waals surface area contributed by atoms with Crippen LogP contribution >= 0.6 is 0 Å². The Balaban J connectivity index is 1.84. The highest BCUT2D eigenvalue weighted by atomic mass is 16.5. The topological polar surface area (TPSA) is 53.3 Å². The van der Waals surface area contributed by atoms with Crippen LogP contribution in [-0.4, -0.2) is 31.0 Å². The van der Waals surface area contributed by atoms with Gasteiger partial charge in [0.05, 0.1) is 12.6 Å². The average molecular weight is 272 g/mol. The van der Waals surface area contributed by atoms with Gasteiger partial charge in [0.1, 0.15) is 17.8 Å². The number of para-hydroxylation sites is 1. The van der Waals surface area contributed by atoms with E-state index in [1.807, 2.05) is 30.3 Å². The molecule has 0 unspecified atom stereocenters. The first-order chi connectivity index (χ1) is 9.68. The first-order valence-corrected chi connectivity index (χ1v) is 7.03. The number of rotatable bonds is 5. The predicted octanol–water partition coefficient (Wildman–Crippen LogP) is 2.61. The molecule has 4 nitrogen and oxygen atoms in total. The van der Waals surface area contributed by atoms with Crippen LogP contribution in [0.5, 0.6) is 5.75 Å². The van der Waals surface area contributed by atoms with Crippen molar-refractivity contribution >= 4 is 5.91 Å². The van der Waals surface area contributed by atoms with E-state index in [0.29, 0.717) is 26.0 Å². The van der Waals surface area contributed by atoms with Crippen LogP contribution in [0.1, 0.15) is 25.7 Å². The van der Waals surface area contributed by atoms with Crippen molar-refractivity contribution < 1.29 is 9.53 Å². The quantitative estimate of drug-likeness (QED) is 0.828. The van der Waals surface area contributed by atoms with Gasteiger partial charge in [-0.1, -0.05) is 31.0 Å². The summed E-state index contributed by atoms with van der Waals surface area (Å²) in [5.41, 5.74) is -0.790. The number of likely N-dealkylation sites (N-methyl/N-ethyl adjacent to an activating group) is 1. The molecule has 1 fully saturated rings. The minimum absolute atomic E-state index is 0.0610.